The fourth-order valence-electron chi connectivity index (χ4n) is 8.87. The number of para-hydroxylation sites is 2. The second-order valence-electron chi connectivity index (χ2n) is 18.5. The highest BCUT2D eigenvalue weighted by atomic mass is 16.5. The van der Waals surface area contributed by atoms with Gasteiger partial charge >= 0.3 is 7.48 Å². The van der Waals surface area contributed by atoms with E-state index in [9.17, 15) is 5.11 Å². The standard InChI is InChI=1S/C62H53BNO3/c1-7-8-9-10-18-41(2)43-19-15-21-45(35-43)46-22-17-23-47(37-46)49-31-34-58-54(38-49)52-25-11-13-27-57(52)64(58)51-32-29-42(30-33-51)44-20-16-24-48(36-44)50-39-55-53-26-12-14-28-59(53)66-60(55)56(40-50)63-67-62(5,6)61(3,4)65/h7-40,65H,1-6H3/b8-7-,10-9-,41-18+. The Labute approximate surface area is 394 Å². The van der Waals surface area contributed by atoms with Gasteiger partial charge in [0.2, 0.25) is 0 Å². The van der Waals surface area contributed by atoms with Gasteiger partial charge in [0.25, 0.3) is 0 Å². The molecule has 0 aliphatic carbocycles. The van der Waals surface area contributed by atoms with Crippen molar-refractivity contribution < 1.29 is 14.2 Å². The molecule has 0 amide bonds. The second-order valence-corrected chi connectivity index (χ2v) is 18.5. The zero-order valence-electron chi connectivity index (χ0n) is 38.9. The second kappa shape index (κ2) is 17.7. The van der Waals surface area contributed by atoms with Gasteiger partial charge in [-0.1, -0.05) is 146 Å². The molecule has 0 atom stereocenters. The smallest absolute Gasteiger partial charge is 0.334 e. The monoisotopic (exact) mass is 870 g/mol. The van der Waals surface area contributed by atoms with Crippen LogP contribution in [0.4, 0.5) is 0 Å². The first kappa shape index (κ1) is 43.5. The van der Waals surface area contributed by atoms with Crippen molar-refractivity contribution in [3.63, 3.8) is 0 Å². The molecule has 10 aromatic rings. The first-order chi connectivity index (χ1) is 32.5. The van der Waals surface area contributed by atoms with Crippen LogP contribution < -0.4 is 5.46 Å². The van der Waals surface area contributed by atoms with Crippen molar-refractivity contribution in [2.75, 3.05) is 0 Å². The molecule has 0 fully saturated rings. The molecule has 327 valence electrons. The number of furan rings is 1. The third-order valence-corrected chi connectivity index (χ3v) is 13.4. The Hall–Kier alpha value is -7.44. The number of hydrogen-bond donors (Lipinski definition) is 1. The highest BCUT2D eigenvalue weighted by molar-refractivity contribution is 6.51. The molecule has 0 spiro atoms. The van der Waals surface area contributed by atoms with Gasteiger partial charge in [-0.2, -0.15) is 0 Å². The largest absolute Gasteiger partial charge is 0.457 e. The minimum absolute atomic E-state index is 0.754. The molecular formula is C62H53BNO3. The average Bonchev–Trinajstić information content (AvgIpc) is 3.90. The Morgan fingerprint density at radius 3 is 1.84 bits per heavy atom. The van der Waals surface area contributed by atoms with E-state index in [4.69, 9.17) is 9.07 Å². The van der Waals surface area contributed by atoms with Crippen molar-refractivity contribution in [3.8, 4) is 50.2 Å². The van der Waals surface area contributed by atoms with Gasteiger partial charge in [-0.05, 0) is 163 Å². The molecule has 0 bridgehead atoms. The summed E-state index contributed by atoms with van der Waals surface area (Å²) in [7, 11) is 1.73. The quantitative estimate of drug-likeness (QED) is 0.0983. The lowest BCUT2D eigenvalue weighted by Crippen LogP contribution is -2.49. The van der Waals surface area contributed by atoms with Crippen molar-refractivity contribution in [2.45, 2.75) is 52.7 Å². The Morgan fingerprint density at radius 1 is 0.537 bits per heavy atom. The maximum atomic E-state index is 10.8. The predicted molar refractivity (Wildman–Crippen MR) is 284 cm³/mol. The molecule has 0 aliphatic rings. The molecule has 1 N–H and O–H groups in total. The Morgan fingerprint density at radius 2 is 1.12 bits per heavy atom. The molecule has 0 aliphatic heterocycles. The van der Waals surface area contributed by atoms with Crippen molar-refractivity contribution in [2.24, 2.45) is 0 Å². The fourth-order valence-corrected chi connectivity index (χ4v) is 8.87. The zero-order valence-corrected chi connectivity index (χ0v) is 38.9. The predicted octanol–water partition coefficient (Wildman–Crippen LogP) is 15.7. The first-order valence-electron chi connectivity index (χ1n) is 23.1. The van der Waals surface area contributed by atoms with Crippen LogP contribution in [-0.4, -0.2) is 28.4 Å². The summed E-state index contributed by atoms with van der Waals surface area (Å²) in [6, 6.07) is 63.3. The maximum absolute atomic E-state index is 10.8. The number of rotatable bonds is 12. The van der Waals surface area contributed by atoms with Crippen LogP contribution in [0, 0.1) is 0 Å². The molecule has 0 saturated carbocycles. The lowest BCUT2D eigenvalue weighted by Gasteiger charge is -2.37. The van der Waals surface area contributed by atoms with Crippen LogP contribution in [0.15, 0.2) is 211 Å². The maximum Gasteiger partial charge on any atom is 0.334 e. The highest BCUT2D eigenvalue weighted by Crippen LogP contribution is 2.38. The number of fused-ring (bicyclic) bond motifs is 6. The van der Waals surface area contributed by atoms with Gasteiger partial charge in [0.1, 0.15) is 11.2 Å². The summed E-state index contributed by atoms with van der Waals surface area (Å²) in [5.74, 6) is 0. The summed E-state index contributed by atoms with van der Waals surface area (Å²) in [5, 5.41) is 15.3. The minimum Gasteiger partial charge on any atom is -0.457 e. The van der Waals surface area contributed by atoms with Gasteiger partial charge in [0.05, 0.1) is 22.2 Å². The van der Waals surface area contributed by atoms with E-state index in [1.54, 1.807) is 21.3 Å². The van der Waals surface area contributed by atoms with E-state index in [0.29, 0.717) is 0 Å². The molecule has 2 aromatic heterocycles. The third kappa shape index (κ3) is 8.49. The number of benzene rings is 8. The van der Waals surface area contributed by atoms with E-state index in [1.807, 2.05) is 51.1 Å². The van der Waals surface area contributed by atoms with Crippen LogP contribution in [0.2, 0.25) is 0 Å². The topological polar surface area (TPSA) is 47.5 Å². The van der Waals surface area contributed by atoms with Gasteiger partial charge in [-0.15, -0.1) is 0 Å². The molecule has 0 saturated heterocycles. The summed E-state index contributed by atoms with van der Waals surface area (Å²) in [5.41, 5.74) is 15.5. The zero-order chi connectivity index (χ0) is 46.3. The molecular weight excluding hydrogens is 817 g/mol. The molecule has 0 unspecified atom stereocenters. The van der Waals surface area contributed by atoms with Gasteiger partial charge in [-0.3, -0.25) is 0 Å². The SMILES string of the molecule is C\C=C/C=C\C=C(/C)c1cccc(-c2cccc(-c3ccc4c(c3)c3ccccc3n4-c3ccc(-c4cccc(-c5cc([B]OC(C)(C)C(C)(C)O)c6oc7ccccc7c6c5)c4)cc3)c2)c1. The molecule has 1 radical (unpaired) electrons. The number of nitrogens with zero attached hydrogens (tertiary/aromatic N) is 1. The van der Waals surface area contributed by atoms with Crippen molar-refractivity contribution in [1.82, 2.24) is 4.57 Å². The highest BCUT2D eigenvalue weighted by Gasteiger charge is 2.36. The summed E-state index contributed by atoms with van der Waals surface area (Å²) in [6.07, 6.45) is 10.4. The van der Waals surface area contributed by atoms with Crippen LogP contribution in [-0.2, 0) is 4.65 Å². The molecule has 8 aromatic carbocycles. The lowest BCUT2D eigenvalue weighted by atomic mass is 9.80. The molecule has 4 nitrogen and oxygen atoms in total. The Bertz CT molecular complexity index is 3560. The summed E-state index contributed by atoms with van der Waals surface area (Å²) in [4.78, 5) is 0. The normalized spacial score (nSPS) is 12.7. The number of allylic oxidation sites excluding steroid dienone is 6. The summed E-state index contributed by atoms with van der Waals surface area (Å²) < 4.78 is 15.1. The minimum atomic E-state index is -1.06. The first-order valence-corrected chi connectivity index (χ1v) is 23.1. The van der Waals surface area contributed by atoms with Gasteiger partial charge in [0.15, 0.2) is 0 Å². The van der Waals surface area contributed by atoms with Gasteiger partial charge < -0.3 is 18.7 Å². The van der Waals surface area contributed by atoms with Crippen LogP contribution in [0.25, 0.3) is 99.5 Å². The molecule has 2 heterocycles. The van der Waals surface area contributed by atoms with Crippen LogP contribution in [0.3, 0.4) is 0 Å². The fraction of sp³-hybridized carbons (Fsp3) is 0.129. The van der Waals surface area contributed by atoms with E-state index in [1.165, 1.54) is 55.2 Å². The van der Waals surface area contributed by atoms with Crippen molar-refractivity contribution in [1.29, 1.82) is 0 Å². The van der Waals surface area contributed by atoms with Crippen LogP contribution >= 0.6 is 0 Å². The number of aliphatic hydroxyl groups is 1. The van der Waals surface area contributed by atoms with E-state index < -0.39 is 11.2 Å². The van der Waals surface area contributed by atoms with Crippen molar-refractivity contribution >= 4 is 62.3 Å². The van der Waals surface area contributed by atoms with E-state index >= 15 is 0 Å². The molecule has 5 heteroatoms. The number of hydrogen-bond acceptors (Lipinski definition) is 3. The van der Waals surface area contributed by atoms with Gasteiger partial charge in [0, 0.05) is 27.2 Å². The Balaban J connectivity index is 0.964. The van der Waals surface area contributed by atoms with E-state index in [0.717, 1.165) is 55.3 Å². The number of aromatic nitrogens is 1. The van der Waals surface area contributed by atoms with Gasteiger partial charge in [-0.25, -0.2) is 0 Å². The molecule has 67 heavy (non-hydrogen) atoms. The average molecular weight is 871 g/mol. The van der Waals surface area contributed by atoms with Crippen LogP contribution in [0.1, 0.15) is 47.1 Å². The lowest BCUT2D eigenvalue weighted by molar-refractivity contribution is -0.0893. The van der Waals surface area contributed by atoms with E-state index in [-0.39, 0.29) is 0 Å². The van der Waals surface area contributed by atoms with Crippen LogP contribution in [0.5, 0.6) is 0 Å². The Kier molecular flexibility index (Phi) is 11.5. The molecule has 10 rings (SSSR count). The summed E-state index contributed by atoms with van der Waals surface area (Å²) in [6.45, 7) is 11.5. The van der Waals surface area contributed by atoms with Crippen molar-refractivity contribution in [3.05, 3.63) is 212 Å². The third-order valence-electron chi connectivity index (χ3n) is 13.4. The van der Waals surface area contributed by atoms with E-state index in [2.05, 4.69) is 187 Å². The summed E-state index contributed by atoms with van der Waals surface area (Å²) >= 11 is 0.